The Hall–Kier alpha value is -1.35. The van der Waals surface area contributed by atoms with Gasteiger partial charge in [-0.2, -0.15) is 0 Å². The number of aryl methyl sites for hydroxylation is 1. The van der Waals surface area contributed by atoms with Crippen molar-refractivity contribution in [3.63, 3.8) is 0 Å². The van der Waals surface area contributed by atoms with Crippen molar-refractivity contribution in [2.24, 2.45) is 17.8 Å². The van der Waals surface area contributed by atoms with Crippen LogP contribution in [0.4, 0.5) is 4.39 Å². The van der Waals surface area contributed by atoms with Gasteiger partial charge in [-0.15, -0.1) is 0 Å². The highest BCUT2D eigenvalue weighted by Gasteiger charge is 2.50. The van der Waals surface area contributed by atoms with E-state index in [1.54, 1.807) is 6.07 Å². The van der Waals surface area contributed by atoms with Crippen LogP contribution in [-0.4, -0.2) is 10.1 Å². The van der Waals surface area contributed by atoms with Gasteiger partial charge in [0, 0.05) is 30.2 Å². The molecule has 4 aliphatic carbocycles. The van der Waals surface area contributed by atoms with Crippen LogP contribution < -0.4 is 5.32 Å². The second-order valence-electron chi connectivity index (χ2n) is 10.8. The minimum Gasteiger partial charge on any atom is -0.345 e. The molecule has 1 N–H and O–H groups in total. The van der Waals surface area contributed by atoms with Crippen molar-refractivity contribution in [1.29, 1.82) is 0 Å². The molecule has 2 aromatic rings. The smallest absolute Gasteiger partial charge is 0.147 e. The highest BCUT2D eigenvalue weighted by atomic mass is 19.1. The largest absolute Gasteiger partial charge is 0.345 e. The van der Waals surface area contributed by atoms with Gasteiger partial charge in [0.15, 0.2) is 0 Å². The highest BCUT2D eigenvalue weighted by molar-refractivity contribution is 5.84. The van der Waals surface area contributed by atoms with E-state index in [-0.39, 0.29) is 5.82 Å². The van der Waals surface area contributed by atoms with Gasteiger partial charge in [-0.25, -0.2) is 4.39 Å². The third-order valence-electron chi connectivity index (χ3n) is 8.38. The van der Waals surface area contributed by atoms with Crippen molar-refractivity contribution < 1.29 is 4.39 Å². The van der Waals surface area contributed by atoms with E-state index in [0.29, 0.717) is 5.54 Å². The van der Waals surface area contributed by atoms with Gasteiger partial charge < -0.3 is 9.88 Å². The lowest BCUT2D eigenvalue weighted by molar-refractivity contribution is -0.0205. The summed E-state index contributed by atoms with van der Waals surface area (Å²) in [6.45, 7) is 4.07. The van der Waals surface area contributed by atoms with Gasteiger partial charge in [0.05, 0.1) is 5.52 Å². The van der Waals surface area contributed by atoms with E-state index in [4.69, 9.17) is 0 Å². The van der Waals surface area contributed by atoms with Gasteiger partial charge in [-0.3, -0.25) is 0 Å². The van der Waals surface area contributed by atoms with Gasteiger partial charge in [0.25, 0.3) is 0 Å². The summed E-state index contributed by atoms with van der Waals surface area (Å²) in [7, 11) is 0. The second kappa shape index (κ2) is 8.65. The van der Waals surface area contributed by atoms with Gasteiger partial charge >= 0.3 is 0 Å². The van der Waals surface area contributed by atoms with Crippen molar-refractivity contribution in [2.75, 3.05) is 0 Å². The van der Waals surface area contributed by atoms with E-state index in [9.17, 15) is 4.39 Å². The number of fused-ring (bicyclic) bond motifs is 1. The Bertz CT molecular complexity index is 832. The molecule has 1 aromatic heterocycles. The fourth-order valence-corrected chi connectivity index (χ4v) is 7.38. The summed E-state index contributed by atoms with van der Waals surface area (Å²) in [6, 6.07) is 5.62. The van der Waals surface area contributed by atoms with Gasteiger partial charge in [0.2, 0.25) is 0 Å². The summed E-state index contributed by atoms with van der Waals surface area (Å²) < 4.78 is 16.9. The molecule has 4 aliphatic rings. The Labute approximate surface area is 181 Å². The molecule has 0 amide bonds. The van der Waals surface area contributed by atoms with Crippen molar-refractivity contribution >= 4 is 10.9 Å². The third kappa shape index (κ3) is 4.07. The summed E-state index contributed by atoms with van der Waals surface area (Å²) in [6.07, 6.45) is 18.4. The number of hydrogen-bond acceptors (Lipinski definition) is 1. The average Bonchev–Trinajstić information content (AvgIpc) is 3.07. The number of nitrogens with one attached hydrogen (secondary N) is 1. The fraction of sp³-hybridized carbons (Fsp3) is 0.704. The van der Waals surface area contributed by atoms with Crippen LogP contribution in [0, 0.1) is 23.6 Å². The van der Waals surface area contributed by atoms with Crippen LogP contribution in [0.5, 0.6) is 0 Å². The number of unbranched alkanes of at least 4 members (excludes halogenated alkanes) is 5. The number of rotatable bonds is 10. The molecule has 0 atom stereocenters. The molecular formula is C27H39FN2. The van der Waals surface area contributed by atoms with Gasteiger partial charge in [-0.05, 0) is 74.3 Å². The Morgan fingerprint density at radius 2 is 1.63 bits per heavy atom. The molecule has 4 saturated carbocycles. The van der Waals surface area contributed by atoms with Crippen LogP contribution in [0.1, 0.15) is 89.5 Å². The first-order valence-electron chi connectivity index (χ1n) is 12.7. The van der Waals surface area contributed by atoms with Crippen LogP contribution in [0.3, 0.4) is 0 Å². The van der Waals surface area contributed by atoms with Crippen molar-refractivity contribution in [3.05, 3.63) is 35.8 Å². The Kier molecular flexibility index (Phi) is 5.92. The van der Waals surface area contributed by atoms with Crippen LogP contribution in [0.2, 0.25) is 0 Å². The minimum atomic E-state index is -0.0699. The summed E-state index contributed by atoms with van der Waals surface area (Å²) in [5, 5.41) is 5.13. The van der Waals surface area contributed by atoms with Crippen molar-refractivity contribution in [2.45, 2.75) is 103 Å². The SMILES string of the molecule is CCCCCCCCn1cc(CNC23CC4CC(CC(C4)C2)C3)c2cccc(F)c21. The summed E-state index contributed by atoms with van der Waals surface area (Å²) in [5.74, 6) is 2.79. The molecule has 1 heterocycles. The zero-order valence-corrected chi connectivity index (χ0v) is 18.8. The topological polar surface area (TPSA) is 17.0 Å². The van der Waals surface area contributed by atoms with Gasteiger partial charge in [0.1, 0.15) is 5.82 Å². The molecule has 6 rings (SSSR count). The van der Waals surface area contributed by atoms with Crippen LogP contribution in [0.15, 0.2) is 24.4 Å². The fourth-order valence-electron chi connectivity index (χ4n) is 7.38. The molecule has 164 valence electrons. The molecule has 0 aliphatic heterocycles. The predicted molar refractivity (Wildman–Crippen MR) is 123 cm³/mol. The first-order chi connectivity index (χ1) is 14.7. The number of aromatic nitrogens is 1. The maximum absolute atomic E-state index is 14.7. The quantitative estimate of drug-likeness (QED) is 0.410. The number of hydrogen-bond donors (Lipinski definition) is 1. The molecule has 0 unspecified atom stereocenters. The zero-order chi connectivity index (χ0) is 20.6. The van der Waals surface area contributed by atoms with Crippen molar-refractivity contribution in [1.82, 2.24) is 9.88 Å². The van der Waals surface area contributed by atoms with E-state index in [1.165, 1.54) is 76.2 Å². The predicted octanol–water partition coefficient (Wildman–Crippen LogP) is 7.20. The molecular weight excluding hydrogens is 371 g/mol. The monoisotopic (exact) mass is 410 g/mol. The molecule has 1 aromatic carbocycles. The first-order valence-corrected chi connectivity index (χ1v) is 12.7. The number of para-hydroxylation sites is 1. The second-order valence-corrected chi connectivity index (χ2v) is 10.8. The maximum atomic E-state index is 14.7. The van der Waals surface area contributed by atoms with Crippen molar-refractivity contribution in [3.8, 4) is 0 Å². The lowest BCUT2D eigenvalue weighted by Crippen LogP contribution is -2.58. The van der Waals surface area contributed by atoms with Crippen LogP contribution in [-0.2, 0) is 13.1 Å². The number of benzene rings is 1. The lowest BCUT2D eigenvalue weighted by atomic mass is 9.53. The number of nitrogens with zero attached hydrogens (tertiary/aromatic N) is 1. The maximum Gasteiger partial charge on any atom is 0.147 e. The Morgan fingerprint density at radius 1 is 0.967 bits per heavy atom. The van der Waals surface area contributed by atoms with E-state index in [1.807, 2.05) is 6.07 Å². The highest BCUT2D eigenvalue weighted by Crippen LogP contribution is 2.55. The molecule has 2 nitrogen and oxygen atoms in total. The minimum absolute atomic E-state index is 0.0699. The third-order valence-corrected chi connectivity index (χ3v) is 8.38. The Balaban J connectivity index is 1.28. The standard InChI is InChI=1S/C27H39FN2/c1-2-3-4-5-6-7-11-30-19-23(24-9-8-10-25(28)26(24)30)18-29-27-15-20-12-21(16-27)14-22(13-20)17-27/h8-10,19-22,29H,2-7,11-18H2,1H3. The number of halogens is 1. The lowest BCUT2D eigenvalue weighted by Gasteiger charge is -2.57. The van der Waals surface area contributed by atoms with E-state index >= 15 is 0 Å². The molecule has 0 spiro atoms. The zero-order valence-electron chi connectivity index (χ0n) is 18.8. The van der Waals surface area contributed by atoms with Crippen LogP contribution >= 0.6 is 0 Å². The van der Waals surface area contributed by atoms with Crippen LogP contribution in [0.25, 0.3) is 10.9 Å². The van der Waals surface area contributed by atoms with E-state index in [0.717, 1.165) is 48.2 Å². The first kappa shape index (κ1) is 20.5. The van der Waals surface area contributed by atoms with E-state index < -0.39 is 0 Å². The summed E-state index contributed by atoms with van der Waals surface area (Å²) in [4.78, 5) is 0. The average molecular weight is 411 g/mol. The molecule has 30 heavy (non-hydrogen) atoms. The molecule has 4 fully saturated rings. The van der Waals surface area contributed by atoms with E-state index in [2.05, 4.69) is 29.1 Å². The molecule has 3 heteroatoms. The summed E-state index contributed by atoms with van der Waals surface area (Å²) >= 11 is 0. The molecule has 0 saturated heterocycles. The normalized spacial score (nSPS) is 29.9. The van der Waals surface area contributed by atoms with Gasteiger partial charge in [-0.1, -0.05) is 51.2 Å². The Morgan fingerprint density at radius 3 is 2.33 bits per heavy atom. The molecule has 0 radical (unpaired) electrons. The summed E-state index contributed by atoms with van der Waals surface area (Å²) in [5.41, 5.74) is 2.45. The molecule has 4 bridgehead atoms.